The summed E-state index contributed by atoms with van der Waals surface area (Å²) in [7, 11) is 1.76. The zero-order valence-electron chi connectivity index (χ0n) is 14.0. The number of para-hydroxylation sites is 1. The van der Waals surface area contributed by atoms with Gasteiger partial charge in [-0.25, -0.2) is 0 Å². The van der Waals surface area contributed by atoms with Gasteiger partial charge in [-0.2, -0.15) is 0 Å². The first-order valence-corrected chi connectivity index (χ1v) is 8.55. The summed E-state index contributed by atoms with van der Waals surface area (Å²) in [5.74, 6) is 0.363. The van der Waals surface area contributed by atoms with E-state index in [9.17, 15) is 4.79 Å². The average molecular weight is 314 g/mol. The molecule has 0 unspecified atom stereocenters. The number of methoxy groups -OCH3 is 1. The molecule has 0 atom stereocenters. The molecular formula is C19H26N2O2. The van der Waals surface area contributed by atoms with Crippen molar-refractivity contribution >= 4 is 16.8 Å². The fourth-order valence-electron chi connectivity index (χ4n) is 3.67. The molecular weight excluding hydrogens is 288 g/mol. The van der Waals surface area contributed by atoms with Crippen LogP contribution < -0.4 is 5.32 Å². The third-order valence-electron chi connectivity index (χ3n) is 5.08. The molecule has 1 aliphatic rings. The molecule has 1 heterocycles. The molecule has 1 aromatic carbocycles. The van der Waals surface area contributed by atoms with E-state index in [2.05, 4.69) is 35.4 Å². The number of aryl methyl sites for hydroxylation is 1. The predicted molar refractivity (Wildman–Crippen MR) is 92.5 cm³/mol. The molecule has 124 valence electrons. The third kappa shape index (κ3) is 3.58. The first kappa shape index (κ1) is 16.1. The van der Waals surface area contributed by atoms with E-state index in [1.165, 1.54) is 22.2 Å². The molecule has 0 spiro atoms. The largest absolute Gasteiger partial charge is 0.381 e. The van der Waals surface area contributed by atoms with E-state index in [0.29, 0.717) is 12.6 Å². The third-order valence-corrected chi connectivity index (χ3v) is 5.08. The second-order valence-electron chi connectivity index (χ2n) is 6.52. The lowest BCUT2D eigenvalue weighted by Crippen LogP contribution is -2.35. The zero-order valence-corrected chi connectivity index (χ0v) is 14.0. The van der Waals surface area contributed by atoms with Gasteiger partial charge in [-0.15, -0.1) is 0 Å². The maximum absolute atomic E-state index is 12.3. The van der Waals surface area contributed by atoms with Crippen molar-refractivity contribution in [2.45, 2.75) is 45.1 Å². The van der Waals surface area contributed by atoms with Crippen molar-refractivity contribution in [1.29, 1.82) is 0 Å². The van der Waals surface area contributed by atoms with Gasteiger partial charge in [-0.3, -0.25) is 4.79 Å². The lowest BCUT2D eigenvalue weighted by Gasteiger charge is -2.26. The molecule has 23 heavy (non-hydrogen) atoms. The zero-order chi connectivity index (χ0) is 16.2. The second kappa shape index (κ2) is 7.18. The monoisotopic (exact) mass is 314 g/mol. The Morgan fingerprint density at radius 3 is 2.74 bits per heavy atom. The molecule has 1 saturated carbocycles. The number of H-pyrrole nitrogens is 1. The van der Waals surface area contributed by atoms with Crippen LogP contribution in [0.5, 0.6) is 0 Å². The van der Waals surface area contributed by atoms with Crippen molar-refractivity contribution in [3.8, 4) is 0 Å². The molecule has 1 amide bonds. The van der Waals surface area contributed by atoms with Crippen LogP contribution in [0.15, 0.2) is 24.3 Å². The number of hydrogen-bond acceptors (Lipinski definition) is 2. The van der Waals surface area contributed by atoms with Gasteiger partial charge in [0.05, 0.1) is 6.10 Å². The van der Waals surface area contributed by atoms with E-state index in [0.717, 1.165) is 32.1 Å². The fourth-order valence-corrected chi connectivity index (χ4v) is 3.67. The maximum Gasteiger partial charge on any atom is 0.223 e. The average Bonchev–Trinajstić information content (AvgIpc) is 2.90. The van der Waals surface area contributed by atoms with Crippen molar-refractivity contribution in [3.63, 3.8) is 0 Å². The number of hydrogen-bond donors (Lipinski definition) is 2. The van der Waals surface area contributed by atoms with Gasteiger partial charge in [0, 0.05) is 36.2 Å². The molecule has 0 aliphatic heterocycles. The van der Waals surface area contributed by atoms with Crippen LogP contribution in [0.1, 0.15) is 36.9 Å². The summed E-state index contributed by atoms with van der Waals surface area (Å²) in [5, 5.41) is 4.39. The van der Waals surface area contributed by atoms with E-state index in [-0.39, 0.29) is 11.8 Å². The highest BCUT2D eigenvalue weighted by molar-refractivity contribution is 5.84. The van der Waals surface area contributed by atoms with Gasteiger partial charge >= 0.3 is 0 Å². The van der Waals surface area contributed by atoms with Crippen LogP contribution in [0.4, 0.5) is 0 Å². The molecule has 2 aromatic rings. The fraction of sp³-hybridized carbons (Fsp3) is 0.526. The van der Waals surface area contributed by atoms with E-state index in [1.807, 2.05) is 6.07 Å². The van der Waals surface area contributed by atoms with Gasteiger partial charge in [0.1, 0.15) is 0 Å². The number of ether oxygens (including phenoxy) is 1. The molecule has 0 radical (unpaired) electrons. The molecule has 1 aliphatic carbocycles. The number of aromatic amines is 1. The van der Waals surface area contributed by atoms with Gasteiger partial charge in [-0.05, 0) is 50.7 Å². The molecule has 4 heteroatoms. The Morgan fingerprint density at radius 1 is 1.26 bits per heavy atom. The molecule has 1 aromatic heterocycles. The van der Waals surface area contributed by atoms with E-state index in [4.69, 9.17) is 4.74 Å². The highest BCUT2D eigenvalue weighted by Crippen LogP contribution is 2.26. The highest BCUT2D eigenvalue weighted by Gasteiger charge is 2.25. The van der Waals surface area contributed by atoms with Crippen LogP contribution in [-0.2, 0) is 16.0 Å². The van der Waals surface area contributed by atoms with E-state index >= 15 is 0 Å². The molecule has 2 N–H and O–H groups in total. The first-order valence-electron chi connectivity index (χ1n) is 8.55. The Morgan fingerprint density at radius 2 is 2.00 bits per heavy atom. The Kier molecular flexibility index (Phi) is 5.01. The van der Waals surface area contributed by atoms with Crippen LogP contribution in [0.3, 0.4) is 0 Å². The first-order chi connectivity index (χ1) is 11.2. The minimum Gasteiger partial charge on any atom is -0.381 e. The van der Waals surface area contributed by atoms with Crippen LogP contribution in [-0.4, -0.2) is 30.6 Å². The minimum absolute atomic E-state index is 0.158. The van der Waals surface area contributed by atoms with Crippen LogP contribution in [0.25, 0.3) is 10.9 Å². The Hall–Kier alpha value is -1.81. The topological polar surface area (TPSA) is 54.1 Å². The number of rotatable bonds is 5. The second-order valence-corrected chi connectivity index (χ2v) is 6.52. The summed E-state index contributed by atoms with van der Waals surface area (Å²) in [6.45, 7) is 2.80. The summed E-state index contributed by atoms with van der Waals surface area (Å²) in [4.78, 5) is 15.7. The maximum atomic E-state index is 12.3. The summed E-state index contributed by atoms with van der Waals surface area (Å²) in [6, 6.07) is 8.34. The lowest BCUT2D eigenvalue weighted by atomic mass is 9.87. The van der Waals surface area contributed by atoms with Gasteiger partial charge in [0.15, 0.2) is 0 Å². The Bertz CT molecular complexity index is 669. The highest BCUT2D eigenvalue weighted by atomic mass is 16.5. The van der Waals surface area contributed by atoms with Crippen molar-refractivity contribution in [1.82, 2.24) is 10.3 Å². The number of carbonyl (C=O) groups excluding carboxylic acids is 1. The molecule has 0 saturated heterocycles. The van der Waals surface area contributed by atoms with E-state index in [1.54, 1.807) is 7.11 Å². The number of amides is 1. The Labute approximate surface area is 137 Å². The lowest BCUT2D eigenvalue weighted by molar-refractivity contribution is -0.126. The summed E-state index contributed by atoms with van der Waals surface area (Å²) < 4.78 is 5.37. The number of nitrogens with one attached hydrogen (secondary N) is 2. The van der Waals surface area contributed by atoms with Gasteiger partial charge in [0.2, 0.25) is 5.91 Å². The quantitative estimate of drug-likeness (QED) is 0.889. The smallest absolute Gasteiger partial charge is 0.223 e. The Balaban J connectivity index is 1.53. The van der Waals surface area contributed by atoms with Crippen LogP contribution in [0, 0.1) is 12.8 Å². The van der Waals surface area contributed by atoms with Crippen molar-refractivity contribution in [2.24, 2.45) is 5.92 Å². The summed E-state index contributed by atoms with van der Waals surface area (Å²) in [6.07, 6.45) is 5.08. The molecule has 4 nitrogen and oxygen atoms in total. The number of benzene rings is 1. The van der Waals surface area contributed by atoms with Gasteiger partial charge in [0.25, 0.3) is 0 Å². The minimum atomic E-state index is 0.158. The van der Waals surface area contributed by atoms with E-state index < -0.39 is 0 Å². The molecule has 0 bridgehead atoms. The standard InChI is InChI=1S/C19H26N2O2/c1-13-16(17-5-3-4-6-18(17)21-13)11-12-20-19(22)14-7-9-15(23-2)10-8-14/h3-6,14-15,21H,7-12H2,1-2H3,(H,20,22). The van der Waals surface area contributed by atoms with Crippen LogP contribution in [0.2, 0.25) is 0 Å². The SMILES string of the molecule is COC1CCC(C(=O)NCCc2c(C)[nH]c3ccccc23)CC1. The molecule has 1 fully saturated rings. The van der Waals surface area contributed by atoms with Crippen molar-refractivity contribution in [3.05, 3.63) is 35.5 Å². The van der Waals surface area contributed by atoms with Gasteiger partial charge in [-0.1, -0.05) is 18.2 Å². The van der Waals surface area contributed by atoms with Crippen molar-refractivity contribution < 1.29 is 9.53 Å². The summed E-state index contributed by atoms with van der Waals surface area (Å²) >= 11 is 0. The normalized spacial score (nSPS) is 21.5. The summed E-state index contributed by atoms with van der Waals surface area (Å²) in [5.41, 5.74) is 3.68. The number of aromatic nitrogens is 1. The van der Waals surface area contributed by atoms with Crippen molar-refractivity contribution in [2.75, 3.05) is 13.7 Å². The molecule has 3 rings (SSSR count). The number of fused-ring (bicyclic) bond motifs is 1. The number of carbonyl (C=O) groups is 1. The van der Waals surface area contributed by atoms with Crippen LogP contribution >= 0.6 is 0 Å². The predicted octanol–water partition coefficient (Wildman–Crippen LogP) is 3.34. The van der Waals surface area contributed by atoms with Gasteiger partial charge < -0.3 is 15.0 Å².